The molecule has 3 nitrogen and oxygen atoms in total. The van der Waals surface area contributed by atoms with Crippen LogP contribution in [0.15, 0.2) is 18.2 Å². The maximum atomic E-state index is 11.5. The van der Waals surface area contributed by atoms with Gasteiger partial charge in [-0.2, -0.15) is 0 Å². The largest absolute Gasteiger partial charge is 0.343 e. The van der Waals surface area contributed by atoms with Crippen molar-refractivity contribution < 1.29 is 9.59 Å². The molecule has 1 aromatic rings. The van der Waals surface area contributed by atoms with Gasteiger partial charge in [0.15, 0.2) is 0 Å². The first kappa shape index (κ1) is 8.94. The minimum absolute atomic E-state index is 0.0672. The monoisotopic (exact) mass is 189 g/mol. The molecule has 0 radical (unpaired) electrons. The summed E-state index contributed by atoms with van der Waals surface area (Å²) in [6.45, 7) is 3.84. The molecular weight excluding hydrogens is 178 g/mol. The van der Waals surface area contributed by atoms with Crippen molar-refractivity contribution in [3.05, 3.63) is 34.9 Å². The zero-order valence-corrected chi connectivity index (χ0v) is 8.13. The molecule has 0 bridgehead atoms. The van der Waals surface area contributed by atoms with Gasteiger partial charge in [0.05, 0.1) is 5.54 Å². The van der Waals surface area contributed by atoms with Crippen LogP contribution in [0.25, 0.3) is 0 Å². The van der Waals surface area contributed by atoms with Crippen molar-refractivity contribution >= 4 is 12.2 Å². The predicted octanol–water partition coefficient (Wildman–Crippen LogP) is 1.48. The van der Waals surface area contributed by atoms with Crippen LogP contribution in [0.1, 0.15) is 40.1 Å². The number of rotatable bonds is 1. The molecule has 0 unspecified atom stereocenters. The summed E-state index contributed by atoms with van der Waals surface area (Å²) in [5.41, 5.74) is 1.80. The summed E-state index contributed by atoms with van der Waals surface area (Å²) < 4.78 is 0. The van der Waals surface area contributed by atoms with E-state index in [-0.39, 0.29) is 11.4 Å². The van der Waals surface area contributed by atoms with Crippen molar-refractivity contribution in [1.29, 1.82) is 0 Å². The Morgan fingerprint density at radius 1 is 1.36 bits per heavy atom. The minimum Gasteiger partial charge on any atom is -0.343 e. The fourth-order valence-corrected chi connectivity index (χ4v) is 1.77. The van der Waals surface area contributed by atoms with E-state index in [2.05, 4.69) is 5.32 Å². The number of carbonyl (C=O) groups is 2. The number of carbonyl (C=O) groups excluding carboxylic acids is 2. The van der Waals surface area contributed by atoms with Crippen LogP contribution in [-0.4, -0.2) is 12.2 Å². The fraction of sp³-hybridized carbons (Fsp3) is 0.273. The van der Waals surface area contributed by atoms with Crippen molar-refractivity contribution in [2.45, 2.75) is 19.4 Å². The van der Waals surface area contributed by atoms with Crippen LogP contribution in [0.2, 0.25) is 0 Å². The average Bonchev–Trinajstić information content (AvgIpc) is 2.37. The lowest BCUT2D eigenvalue weighted by Crippen LogP contribution is -2.32. The summed E-state index contributed by atoms with van der Waals surface area (Å²) in [6, 6.07) is 5.12. The van der Waals surface area contributed by atoms with Gasteiger partial charge in [-0.1, -0.05) is 6.07 Å². The third-order valence-corrected chi connectivity index (χ3v) is 2.52. The quantitative estimate of drug-likeness (QED) is 0.680. The Bertz CT molecular complexity index is 421. The highest BCUT2D eigenvalue weighted by Crippen LogP contribution is 2.30. The van der Waals surface area contributed by atoms with E-state index in [9.17, 15) is 9.59 Å². The van der Waals surface area contributed by atoms with Gasteiger partial charge in [-0.25, -0.2) is 0 Å². The van der Waals surface area contributed by atoms with Gasteiger partial charge in [0.1, 0.15) is 6.29 Å². The molecule has 0 saturated carbocycles. The van der Waals surface area contributed by atoms with Gasteiger partial charge in [-0.3, -0.25) is 9.59 Å². The van der Waals surface area contributed by atoms with Crippen LogP contribution in [0.3, 0.4) is 0 Å². The molecule has 1 amide bonds. The third kappa shape index (κ3) is 1.13. The van der Waals surface area contributed by atoms with Gasteiger partial charge in [-0.15, -0.1) is 0 Å². The number of hydrogen-bond acceptors (Lipinski definition) is 2. The van der Waals surface area contributed by atoms with Gasteiger partial charge in [0.2, 0.25) is 0 Å². The van der Waals surface area contributed by atoms with E-state index < -0.39 is 0 Å². The maximum Gasteiger partial charge on any atom is 0.252 e. The van der Waals surface area contributed by atoms with Gasteiger partial charge in [0.25, 0.3) is 5.91 Å². The van der Waals surface area contributed by atoms with E-state index >= 15 is 0 Å². The normalized spacial score (nSPS) is 17.4. The summed E-state index contributed by atoms with van der Waals surface area (Å²) in [5, 5.41) is 2.86. The number of fused-ring (bicyclic) bond motifs is 1. The molecule has 0 saturated heterocycles. The summed E-state index contributed by atoms with van der Waals surface area (Å²) in [5.74, 6) is -0.0672. The van der Waals surface area contributed by atoms with Crippen LogP contribution in [0, 0.1) is 0 Å². The molecule has 1 heterocycles. The topological polar surface area (TPSA) is 46.2 Å². The molecule has 0 fully saturated rings. The van der Waals surface area contributed by atoms with Gasteiger partial charge in [-0.05, 0) is 31.5 Å². The summed E-state index contributed by atoms with van der Waals surface area (Å²) in [7, 11) is 0. The Kier molecular flexibility index (Phi) is 1.71. The molecular formula is C11H11NO2. The van der Waals surface area contributed by atoms with Crippen molar-refractivity contribution in [2.24, 2.45) is 0 Å². The second kappa shape index (κ2) is 2.67. The van der Waals surface area contributed by atoms with E-state index in [1.807, 2.05) is 13.8 Å². The van der Waals surface area contributed by atoms with Crippen LogP contribution in [-0.2, 0) is 5.54 Å². The summed E-state index contributed by atoms with van der Waals surface area (Å²) in [4.78, 5) is 22.1. The van der Waals surface area contributed by atoms with Crippen molar-refractivity contribution in [3.8, 4) is 0 Å². The molecule has 1 aliphatic rings. The van der Waals surface area contributed by atoms with Gasteiger partial charge < -0.3 is 5.32 Å². The first-order valence-electron chi connectivity index (χ1n) is 4.47. The van der Waals surface area contributed by atoms with E-state index in [0.717, 1.165) is 11.8 Å². The minimum atomic E-state index is -0.370. The average molecular weight is 189 g/mol. The molecule has 1 N–H and O–H groups in total. The summed E-state index contributed by atoms with van der Waals surface area (Å²) in [6.07, 6.45) is 0.791. The Morgan fingerprint density at radius 3 is 2.71 bits per heavy atom. The lowest BCUT2D eigenvalue weighted by Gasteiger charge is -2.18. The second-order valence-corrected chi connectivity index (χ2v) is 4.00. The highest BCUT2D eigenvalue weighted by molar-refractivity contribution is 6.00. The standard InChI is InChI=1S/C11H11NO2/c1-11(2)9-5-7(6-13)3-4-8(9)10(14)12-11/h3-6H,1-2H3,(H,12,14). The number of aldehydes is 1. The molecule has 1 aliphatic heterocycles. The lowest BCUT2D eigenvalue weighted by molar-refractivity contribution is 0.0940. The van der Waals surface area contributed by atoms with E-state index in [0.29, 0.717) is 11.1 Å². The smallest absolute Gasteiger partial charge is 0.252 e. The molecule has 0 spiro atoms. The third-order valence-electron chi connectivity index (χ3n) is 2.52. The zero-order valence-electron chi connectivity index (χ0n) is 8.13. The Morgan fingerprint density at radius 2 is 2.07 bits per heavy atom. The molecule has 0 aromatic heterocycles. The molecule has 3 heteroatoms. The Labute approximate surface area is 82.1 Å². The van der Waals surface area contributed by atoms with E-state index in [4.69, 9.17) is 0 Å². The van der Waals surface area contributed by atoms with Crippen LogP contribution >= 0.6 is 0 Å². The van der Waals surface area contributed by atoms with Gasteiger partial charge >= 0.3 is 0 Å². The number of hydrogen-bond donors (Lipinski definition) is 1. The second-order valence-electron chi connectivity index (χ2n) is 4.00. The highest BCUT2D eigenvalue weighted by Gasteiger charge is 2.34. The SMILES string of the molecule is CC1(C)NC(=O)c2ccc(C=O)cc21. The van der Waals surface area contributed by atoms with Crippen molar-refractivity contribution in [2.75, 3.05) is 0 Å². The van der Waals surface area contributed by atoms with Gasteiger partial charge in [0, 0.05) is 11.1 Å². The Balaban J connectivity index is 2.64. The maximum absolute atomic E-state index is 11.5. The lowest BCUT2D eigenvalue weighted by atomic mass is 9.93. The molecule has 1 aromatic carbocycles. The Hall–Kier alpha value is -1.64. The number of benzene rings is 1. The van der Waals surface area contributed by atoms with Crippen LogP contribution < -0.4 is 5.32 Å². The molecule has 0 aliphatic carbocycles. The van der Waals surface area contributed by atoms with E-state index in [1.54, 1.807) is 18.2 Å². The zero-order chi connectivity index (χ0) is 10.3. The van der Waals surface area contributed by atoms with Crippen molar-refractivity contribution in [1.82, 2.24) is 5.32 Å². The van der Waals surface area contributed by atoms with Crippen molar-refractivity contribution in [3.63, 3.8) is 0 Å². The molecule has 0 atom stereocenters. The number of amides is 1. The predicted molar refractivity (Wildman–Crippen MR) is 52.3 cm³/mol. The summed E-state index contributed by atoms with van der Waals surface area (Å²) >= 11 is 0. The first-order chi connectivity index (χ1) is 6.54. The molecule has 72 valence electrons. The van der Waals surface area contributed by atoms with Crippen LogP contribution in [0.5, 0.6) is 0 Å². The fourth-order valence-electron chi connectivity index (χ4n) is 1.77. The highest BCUT2D eigenvalue weighted by atomic mass is 16.2. The first-order valence-corrected chi connectivity index (χ1v) is 4.47. The van der Waals surface area contributed by atoms with E-state index in [1.165, 1.54) is 0 Å². The van der Waals surface area contributed by atoms with Crippen LogP contribution in [0.4, 0.5) is 0 Å². The molecule has 14 heavy (non-hydrogen) atoms. The molecule has 2 rings (SSSR count). The number of nitrogens with one attached hydrogen (secondary N) is 1.